The molecule has 4 heteroatoms. The molecule has 3 nitrogen and oxygen atoms in total. The molecule has 20 heavy (non-hydrogen) atoms. The molecule has 0 atom stereocenters. The predicted octanol–water partition coefficient (Wildman–Crippen LogP) is 3.31. The van der Waals surface area contributed by atoms with Gasteiger partial charge >= 0.3 is 0 Å². The molecule has 0 aliphatic carbocycles. The summed E-state index contributed by atoms with van der Waals surface area (Å²) in [7, 11) is 0. The van der Waals surface area contributed by atoms with Gasteiger partial charge in [-0.1, -0.05) is 30.3 Å². The average molecular weight is 287 g/mol. The van der Waals surface area contributed by atoms with Gasteiger partial charge in [0.2, 0.25) is 0 Å². The van der Waals surface area contributed by atoms with E-state index in [0.717, 1.165) is 19.0 Å². The summed E-state index contributed by atoms with van der Waals surface area (Å²) in [6.07, 6.45) is 0. The number of thiophene rings is 1. The molecule has 0 bridgehead atoms. The number of aryl methyl sites for hydroxylation is 1. The first-order chi connectivity index (χ1) is 9.78. The van der Waals surface area contributed by atoms with Gasteiger partial charge in [-0.05, 0) is 31.5 Å². The third kappa shape index (κ3) is 4.70. The number of aliphatic imine (C=N–C) groups is 1. The lowest BCUT2D eigenvalue weighted by Gasteiger charge is -2.10. The topological polar surface area (TPSA) is 36.4 Å². The van der Waals surface area contributed by atoms with E-state index >= 15 is 0 Å². The van der Waals surface area contributed by atoms with Crippen LogP contribution in [-0.2, 0) is 13.1 Å². The Kier molecular flexibility index (Phi) is 5.62. The maximum Gasteiger partial charge on any atom is 0.191 e. The maximum atomic E-state index is 4.60. The van der Waals surface area contributed by atoms with E-state index in [4.69, 9.17) is 0 Å². The van der Waals surface area contributed by atoms with Gasteiger partial charge in [-0.25, -0.2) is 4.99 Å². The third-order valence-corrected chi connectivity index (χ3v) is 3.83. The smallest absolute Gasteiger partial charge is 0.191 e. The van der Waals surface area contributed by atoms with Crippen LogP contribution >= 0.6 is 11.3 Å². The van der Waals surface area contributed by atoms with E-state index in [2.05, 4.69) is 53.7 Å². The van der Waals surface area contributed by atoms with Crippen LogP contribution < -0.4 is 10.6 Å². The zero-order chi connectivity index (χ0) is 14.2. The molecule has 2 rings (SSSR count). The molecule has 0 saturated heterocycles. The molecule has 106 valence electrons. The van der Waals surface area contributed by atoms with E-state index in [1.54, 1.807) is 0 Å². The fourth-order valence-electron chi connectivity index (χ4n) is 1.85. The molecule has 1 aromatic carbocycles. The van der Waals surface area contributed by atoms with Gasteiger partial charge in [0.1, 0.15) is 0 Å². The second-order valence-electron chi connectivity index (χ2n) is 4.55. The van der Waals surface area contributed by atoms with Crippen molar-refractivity contribution in [3.05, 3.63) is 57.8 Å². The van der Waals surface area contributed by atoms with Gasteiger partial charge in [-0.15, -0.1) is 11.3 Å². The minimum Gasteiger partial charge on any atom is -0.357 e. The number of benzene rings is 1. The van der Waals surface area contributed by atoms with E-state index in [1.165, 1.54) is 15.3 Å². The molecule has 0 saturated carbocycles. The molecule has 0 spiro atoms. The number of nitrogens with zero attached hydrogens (tertiary/aromatic N) is 1. The van der Waals surface area contributed by atoms with Crippen LogP contribution in [0.4, 0.5) is 0 Å². The maximum absolute atomic E-state index is 4.60. The van der Waals surface area contributed by atoms with Crippen LogP contribution in [0.5, 0.6) is 0 Å². The molecule has 0 unspecified atom stereocenters. The lowest BCUT2D eigenvalue weighted by molar-refractivity contribution is 0.823. The van der Waals surface area contributed by atoms with Crippen LogP contribution in [-0.4, -0.2) is 12.5 Å². The Hall–Kier alpha value is -1.81. The Balaban J connectivity index is 1.92. The largest absolute Gasteiger partial charge is 0.357 e. The predicted molar refractivity (Wildman–Crippen MR) is 87.2 cm³/mol. The highest BCUT2D eigenvalue weighted by atomic mass is 32.1. The molecule has 0 aliphatic heterocycles. The summed E-state index contributed by atoms with van der Waals surface area (Å²) >= 11 is 1.82. The van der Waals surface area contributed by atoms with Crippen LogP contribution in [0.15, 0.2) is 47.5 Å². The zero-order valence-corrected chi connectivity index (χ0v) is 12.8. The normalized spacial score (nSPS) is 11.4. The van der Waals surface area contributed by atoms with Crippen LogP contribution in [0.25, 0.3) is 0 Å². The number of hydrogen-bond donors (Lipinski definition) is 2. The lowest BCUT2D eigenvalue weighted by atomic mass is 10.2. The van der Waals surface area contributed by atoms with Crippen molar-refractivity contribution in [2.45, 2.75) is 26.9 Å². The second-order valence-corrected chi connectivity index (χ2v) is 5.92. The van der Waals surface area contributed by atoms with Crippen molar-refractivity contribution >= 4 is 17.3 Å². The summed E-state index contributed by atoms with van der Waals surface area (Å²) in [5, 5.41) is 6.64. The van der Waals surface area contributed by atoms with Crippen molar-refractivity contribution in [3.63, 3.8) is 0 Å². The van der Waals surface area contributed by atoms with Gasteiger partial charge in [0.15, 0.2) is 5.96 Å². The Morgan fingerprint density at radius 2 is 1.90 bits per heavy atom. The van der Waals surface area contributed by atoms with E-state index in [1.807, 2.05) is 29.5 Å². The minimum absolute atomic E-state index is 0.694. The number of hydrogen-bond acceptors (Lipinski definition) is 2. The molecule has 2 aromatic rings. The Bertz CT molecular complexity index is 546. The van der Waals surface area contributed by atoms with Crippen molar-refractivity contribution < 1.29 is 0 Å². The van der Waals surface area contributed by atoms with Crippen LogP contribution in [0, 0.1) is 6.92 Å². The Morgan fingerprint density at radius 3 is 2.55 bits per heavy atom. The molecule has 0 fully saturated rings. The van der Waals surface area contributed by atoms with Crippen LogP contribution in [0.1, 0.15) is 22.2 Å². The van der Waals surface area contributed by atoms with Crippen molar-refractivity contribution in [1.82, 2.24) is 10.6 Å². The van der Waals surface area contributed by atoms with Crippen LogP contribution in [0.3, 0.4) is 0 Å². The summed E-state index contributed by atoms with van der Waals surface area (Å²) in [6.45, 7) is 6.58. The summed E-state index contributed by atoms with van der Waals surface area (Å²) in [5.41, 5.74) is 1.22. The molecule has 1 aromatic heterocycles. The minimum atomic E-state index is 0.694. The highest BCUT2D eigenvalue weighted by Crippen LogP contribution is 2.14. The molecular weight excluding hydrogens is 266 g/mol. The van der Waals surface area contributed by atoms with E-state index in [0.29, 0.717) is 6.54 Å². The van der Waals surface area contributed by atoms with Gasteiger partial charge < -0.3 is 10.6 Å². The molecule has 0 amide bonds. The molecule has 0 aliphatic rings. The summed E-state index contributed by atoms with van der Waals surface area (Å²) in [5.74, 6) is 0.863. The Morgan fingerprint density at radius 1 is 1.10 bits per heavy atom. The fourth-order valence-corrected chi connectivity index (χ4v) is 2.68. The number of rotatable bonds is 5. The first kappa shape index (κ1) is 14.6. The number of guanidine groups is 1. The molecule has 1 heterocycles. The van der Waals surface area contributed by atoms with Gasteiger partial charge in [-0.2, -0.15) is 0 Å². The Labute approximate surface area is 124 Å². The van der Waals surface area contributed by atoms with E-state index < -0.39 is 0 Å². The standard InChI is InChI=1S/C16H21N3S/c1-3-17-16(18-11-14-7-5-4-6-8-14)19-12-15-10-9-13(2)20-15/h4-10H,3,11-12H2,1-2H3,(H2,17,18,19). The lowest BCUT2D eigenvalue weighted by Crippen LogP contribution is -2.36. The molecule has 2 N–H and O–H groups in total. The summed E-state index contributed by atoms with van der Waals surface area (Å²) in [4.78, 5) is 7.27. The van der Waals surface area contributed by atoms with Crippen LogP contribution in [0.2, 0.25) is 0 Å². The van der Waals surface area contributed by atoms with E-state index in [9.17, 15) is 0 Å². The van der Waals surface area contributed by atoms with Gasteiger partial charge in [0, 0.05) is 16.3 Å². The van der Waals surface area contributed by atoms with Gasteiger partial charge in [-0.3, -0.25) is 0 Å². The molecule has 0 radical (unpaired) electrons. The van der Waals surface area contributed by atoms with Gasteiger partial charge in [0.05, 0.1) is 13.1 Å². The highest BCUT2D eigenvalue weighted by Gasteiger charge is 2.00. The second kappa shape index (κ2) is 7.70. The summed E-state index contributed by atoms with van der Waals surface area (Å²) in [6, 6.07) is 14.6. The average Bonchev–Trinajstić information content (AvgIpc) is 2.89. The third-order valence-electron chi connectivity index (χ3n) is 2.83. The summed E-state index contributed by atoms with van der Waals surface area (Å²) < 4.78 is 0. The van der Waals surface area contributed by atoms with Crippen molar-refractivity contribution in [2.75, 3.05) is 6.54 Å². The zero-order valence-electron chi connectivity index (χ0n) is 12.0. The molecular formula is C16H21N3S. The monoisotopic (exact) mass is 287 g/mol. The quantitative estimate of drug-likeness (QED) is 0.654. The van der Waals surface area contributed by atoms with Crippen molar-refractivity contribution in [3.8, 4) is 0 Å². The van der Waals surface area contributed by atoms with Crippen molar-refractivity contribution in [2.24, 2.45) is 4.99 Å². The van der Waals surface area contributed by atoms with Gasteiger partial charge in [0.25, 0.3) is 0 Å². The highest BCUT2D eigenvalue weighted by molar-refractivity contribution is 7.11. The first-order valence-electron chi connectivity index (χ1n) is 6.89. The SMILES string of the molecule is CCNC(=NCc1ccccc1)NCc1ccc(C)s1. The van der Waals surface area contributed by atoms with E-state index in [-0.39, 0.29) is 0 Å². The number of nitrogens with one attached hydrogen (secondary N) is 2. The first-order valence-corrected chi connectivity index (χ1v) is 7.71. The fraction of sp³-hybridized carbons (Fsp3) is 0.312. The van der Waals surface area contributed by atoms with Crippen molar-refractivity contribution in [1.29, 1.82) is 0 Å².